The number of fused-ring (bicyclic) bond motifs is 1. The van der Waals surface area contributed by atoms with E-state index < -0.39 is 0 Å². The van der Waals surface area contributed by atoms with Gasteiger partial charge in [0, 0.05) is 0 Å². The van der Waals surface area contributed by atoms with Gasteiger partial charge in [-0.2, -0.15) is 0 Å². The highest BCUT2D eigenvalue weighted by atomic mass is 16.1. The first kappa shape index (κ1) is 16.4. The Balaban J connectivity index is 2.39. The number of benzene rings is 2. The third-order valence-corrected chi connectivity index (χ3v) is 4.30. The molecule has 4 nitrogen and oxygen atoms in total. The van der Waals surface area contributed by atoms with E-state index >= 15 is 0 Å². The maximum Gasteiger partial charge on any atom is 0.266 e. The van der Waals surface area contributed by atoms with E-state index in [1.807, 2.05) is 51.1 Å². The quantitative estimate of drug-likeness (QED) is 0.797. The number of hydrogen-bond acceptors (Lipinski definition) is 3. The smallest absolute Gasteiger partial charge is 0.266 e. The zero-order valence-corrected chi connectivity index (χ0v) is 14.6. The zero-order valence-electron chi connectivity index (χ0n) is 14.6. The van der Waals surface area contributed by atoms with E-state index in [4.69, 9.17) is 4.98 Å². The van der Waals surface area contributed by atoms with Crippen LogP contribution in [0.4, 0.5) is 0 Å². The molecular formula is C20H23N3O. The molecule has 0 unspecified atom stereocenters. The van der Waals surface area contributed by atoms with Gasteiger partial charge in [-0.25, -0.2) is 4.98 Å². The topological polar surface area (TPSA) is 46.9 Å². The number of hydrogen-bond donors (Lipinski definition) is 1. The minimum absolute atomic E-state index is 0.0194. The second-order valence-corrected chi connectivity index (χ2v) is 6.20. The molecule has 1 heterocycles. The summed E-state index contributed by atoms with van der Waals surface area (Å²) in [6, 6.07) is 13.7. The van der Waals surface area contributed by atoms with Crippen LogP contribution in [-0.4, -0.2) is 16.1 Å². The monoisotopic (exact) mass is 321 g/mol. The molecule has 2 aromatic carbocycles. The fraction of sp³-hybridized carbons (Fsp3) is 0.300. The second-order valence-electron chi connectivity index (χ2n) is 6.20. The maximum atomic E-state index is 13.2. The Morgan fingerprint density at radius 1 is 1.17 bits per heavy atom. The molecule has 124 valence electrons. The minimum Gasteiger partial charge on any atom is -0.308 e. The van der Waals surface area contributed by atoms with E-state index in [9.17, 15) is 4.79 Å². The number of rotatable bonds is 4. The SMILES string of the molecule is CCN[C@H](C)c1nc2ccccc2c(=O)n1-c1cc(C)ccc1C. The van der Waals surface area contributed by atoms with Crippen LogP contribution < -0.4 is 10.9 Å². The van der Waals surface area contributed by atoms with Crippen LogP contribution in [0.15, 0.2) is 47.3 Å². The highest BCUT2D eigenvalue weighted by molar-refractivity contribution is 5.78. The molecular weight excluding hydrogens is 298 g/mol. The average molecular weight is 321 g/mol. The molecule has 3 aromatic rings. The molecule has 0 fully saturated rings. The van der Waals surface area contributed by atoms with E-state index in [1.165, 1.54) is 0 Å². The van der Waals surface area contributed by atoms with Crippen LogP contribution in [0.3, 0.4) is 0 Å². The van der Waals surface area contributed by atoms with Gasteiger partial charge in [-0.3, -0.25) is 9.36 Å². The molecule has 1 aromatic heterocycles. The summed E-state index contributed by atoms with van der Waals surface area (Å²) in [4.78, 5) is 18.0. The Kier molecular flexibility index (Phi) is 4.49. The van der Waals surface area contributed by atoms with Crippen LogP contribution in [0, 0.1) is 13.8 Å². The summed E-state index contributed by atoms with van der Waals surface area (Å²) in [7, 11) is 0. The van der Waals surface area contributed by atoms with Gasteiger partial charge in [0.1, 0.15) is 5.82 Å². The largest absolute Gasteiger partial charge is 0.308 e. The molecule has 0 amide bonds. The van der Waals surface area contributed by atoms with Gasteiger partial charge in [-0.1, -0.05) is 31.2 Å². The Labute approximate surface area is 142 Å². The molecule has 0 bridgehead atoms. The van der Waals surface area contributed by atoms with E-state index in [2.05, 4.69) is 24.4 Å². The van der Waals surface area contributed by atoms with Gasteiger partial charge >= 0.3 is 0 Å². The number of nitrogens with one attached hydrogen (secondary N) is 1. The summed E-state index contributed by atoms with van der Waals surface area (Å²) in [6.07, 6.45) is 0. The first-order chi connectivity index (χ1) is 11.5. The van der Waals surface area contributed by atoms with Crippen LogP contribution >= 0.6 is 0 Å². The summed E-state index contributed by atoms with van der Waals surface area (Å²) in [5, 5.41) is 4.02. The van der Waals surface area contributed by atoms with Crippen molar-refractivity contribution in [3.05, 3.63) is 69.8 Å². The maximum absolute atomic E-state index is 13.2. The first-order valence-electron chi connectivity index (χ1n) is 8.35. The molecule has 0 spiro atoms. The lowest BCUT2D eigenvalue weighted by atomic mass is 10.1. The van der Waals surface area contributed by atoms with Gasteiger partial charge in [0.15, 0.2) is 0 Å². The third-order valence-electron chi connectivity index (χ3n) is 4.30. The lowest BCUT2D eigenvalue weighted by Gasteiger charge is -2.20. The molecule has 24 heavy (non-hydrogen) atoms. The van der Waals surface area contributed by atoms with Crippen LogP contribution in [0.5, 0.6) is 0 Å². The standard InChI is InChI=1S/C20H23N3O/c1-5-21-15(4)19-22-17-9-7-6-8-16(17)20(24)23(19)18-12-13(2)10-11-14(18)3/h6-12,15,21H,5H2,1-4H3/t15-/m1/s1. The van der Waals surface area contributed by atoms with Crippen molar-refractivity contribution in [3.63, 3.8) is 0 Å². The third kappa shape index (κ3) is 2.85. The Morgan fingerprint density at radius 2 is 1.92 bits per heavy atom. The molecule has 0 aliphatic heterocycles. The molecule has 4 heteroatoms. The fourth-order valence-electron chi connectivity index (χ4n) is 3.03. The summed E-state index contributed by atoms with van der Waals surface area (Å²) >= 11 is 0. The van der Waals surface area contributed by atoms with Crippen LogP contribution in [0.2, 0.25) is 0 Å². The normalized spacial score (nSPS) is 12.5. The first-order valence-corrected chi connectivity index (χ1v) is 8.35. The van der Waals surface area contributed by atoms with Crippen LogP contribution in [-0.2, 0) is 0 Å². The van der Waals surface area contributed by atoms with Crippen molar-refractivity contribution in [1.82, 2.24) is 14.9 Å². The van der Waals surface area contributed by atoms with Crippen molar-refractivity contribution >= 4 is 10.9 Å². The Hall–Kier alpha value is -2.46. The van der Waals surface area contributed by atoms with Crippen molar-refractivity contribution in [1.29, 1.82) is 0 Å². The highest BCUT2D eigenvalue weighted by Gasteiger charge is 2.18. The number of nitrogens with zero attached hydrogens (tertiary/aromatic N) is 2. The van der Waals surface area contributed by atoms with E-state index in [1.54, 1.807) is 4.57 Å². The van der Waals surface area contributed by atoms with E-state index in [0.29, 0.717) is 5.39 Å². The average Bonchev–Trinajstić information content (AvgIpc) is 2.57. The summed E-state index contributed by atoms with van der Waals surface area (Å²) in [5.41, 5.74) is 3.80. The van der Waals surface area contributed by atoms with Crippen molar-refractivity contribution < 1.29 is 0 Å². The van der Waals surface area contributed by atoms with Gasteiger partial charge in [0.25, 0.3) is 5.56 Å². The summed E-state index contributed by atoms with van der Waals surface area (Å²) in [5.74, 6) is 0.745. The highest BCUT2D eigenvalue weighted by Crippen LogP contribution is 2.21. The molecule has 0 radical (unpaired) electrons. The summed E-state index contributed by atoms with van der Waals surface area (Å²) < 4.78 is 1.76. The van der Waals surface area contributed by atoms with Gasteiger partial charge in [-0.15, -0.1) is 0 Å². The molecule has 0 saturated carbocycles. The van der Waals surface area contributed by atoms with Crippen molar-refractivity contribution in [2.45, 2.75) is 33.7 Å². The number of aromatic nitrogens is 2. The second kappa shape index (κ2) is 6.57. The van der Waals surface area contributed by atoms with Crippen LogP contribution in [0.25, 0.3) is 16.6 Å². The van der Waals surface area contributed by atoms with Gasteiger partial charge in [-0.05, 0) is 56.6 Å². The summed E-state index contributed by atoms with van der Waals surface area (Å²) in [6.45, 7) is 8.98. The van der Waals surface area contributed by atoms with Gasteiger partial charge < -0.3 is 5.32 Å². The lowest BCUT2D eigenvalue weighted by Crippen LogP contribution is -2.30. The van der Waals surface area contributed by atoms with Crippen LogP contribution in [0.1, 0.15) is 36.8 Å². The van der Waals surface area contributed by atoms with E-state index in [0.717, 1.165) is 34.7 Å². The van der Waals surface area contributed by atoms with Gasteiger partial charge in [0.05, 0.1) is 22.6 Å². The molecule has 0 saturated heterocycles. The van der Waals surface area contributed by atoms with Crippen molar-refractivity contribution in [3.8, 4) is 5.69 Å². The van der Waals surface area contributed by atoms with E-state index in [-0.39, 0.29) is 11.6 Å². The number of aryl methyl sites for hydroxylation is 2. The minimum atomic E-state index is -0.0211. The Bertz CT molecular complexity index is 943. The zero-order chi connectivity index (χ0) is 17.3. The molecule has 0 aliphatic carbocycles. The van der Waals surface area contributed by atoms with Gasteiger partial charge in [0.2, 0.25) is 0 Å². The molecule has 3 rings (SSSR count). The Morgan fingerprint density at radius 3 is 2.67 bits per heavy atom. The number of para-hydroxylation sites is 1. The predicted molar refractivity (Wildman–Crippen MR) is 98.9 cm³/mol. The fourth-order valence-corrected chi connectivity index (χ4v) is 3.03. The molecule has 0 aliphatic rings. The van der Waals surface area contributed by atoms with Crippen molar-refractivity contribution in [2.75, 3.05) is 6.54 Å². The lowest BCUT2D eigenvalue weighted by molar-refractivity contribution is 0.550. The molecule has 1 atom stereocenters. The molecule has 1 N–H and O–H groups in total. The predicted octanol–water partition coefficient (Wildman–Crippen LogP) is 3.67. The van der Waals surface area contributed by atoms with Crippen molar-refractivity contribution in [2.24, 2.45) is 0 Å².